The van der Waals surface area contributed by atoms with Gasteiger partial charge in [0.1, 0.15) is 5.75 Å². The highest BCUT2D eigenvalue weighted by Crippen LogP contribution is 2.33. The van der Waals surface area contributed by atoms with Crippen molar-refractivity contribution in [1.82, 2.24) is 15.3 Å². The maximum absolute atomic E-state index is 12.2. The second kappa shape index (κ2) is 6.74. The monoisotopic (exact) mass is 329 g/mol. The third-order valence-electron chi connectivity index (χ3n) is 3.97. The molecule has 1 amide bonds. The van der Waals surface area contributed by atoms with E-state index in [4.69, 9.17) is 4.74 Å². The van der Waals surface area contributed by atoms with Crippen molar-refractivity contribution < 1.29 is 9.53 Å². The molecular formula is C17H19N3O4. The zero-order valence-electron chi connectivity index (χ0n) is 13.4. The summed E-state index contributed by atoms with van der Waals surface area (Å²) in [6.07, 6.45) is 3.43. The van der Waals surface area contributed by atoms with Gasteiger partial charge >= 0.3 is 5.69 Å². The van der Waals surface area contributed by atoms with E-state index >= 15 is 0 Å². The Balaban J connectivity index is 1.79. The van der Waals surface area contributed by atoms with Crippen molar-refractivity contribution >= 4 is 5.91 Å². The summed E-state index contributed by atoms with van der Waals surface area (Å²) in [5, 5.41) is 2.88. The Bertz CT molecular complexity index is 882. The van der Waals surface area contributed by atoms with Crippen molar-refractivity contribution in [2.75, 3.05) is 6.54 Å². The van der Waals surface area contributed by atoms with Crippen LogP contribution in [0.2, 0.25) is 0 Å². The largest absolute Gasteiger partial charge is 0.440 e. The van der Waals surface area contributed by atoms with E-state index in [1.54, 1.807) is 18.2 Å². The van der Waals surface area contributed by atoms with E-state index in [0.717, 1.165) is 24.8 Å². The Morgan fingerprint density at radius 1 is 1.25 bits per heavy atom. The Labute approximate surface area is 138 Å². The number of nitrogens with one attached hydrogen (secondary N) is 3. The van der Waals surface area contributed by atoms with E-state index < -0.39 is 11.2 Å². The minimum Gasteiger partial charge on any atom is -0.440 e. The van der Waals surface area contributed by atoms with Crippen LogP contribution in [0.25, 0.3) is 0 Å². The minimum atomic E-state index is -0.606. The van der Waals surface area contributed by atoms with E-state index in [2.05, 4.69) is 22.2 Å². The number of carbonyl (C=O) groups excluding carboxylic acids is 1. The van der Waals surface area contributed by atoms with Gasteiger partial charge in [0.2, 0.25) is 5.88 Å². The van der Waals surface area contributed by atoms with Gasteiger partial charge in [0.15, 0.2) is 0 Å². The van der Waals surface area contributed by atoms with Crippen LogP contribution < -0.4 is 21.3 Å². The number of amides is 1. The first-order chi connectivity index (χ1) is 11.6. The molecule has 0 unspecified atom stereocenters. The smallest absolute Gasteiger partial charge is 0.328 e. The highest BCUT2D eigenvalue weighted by atomic mass is 16.5. The number of rotatable bonds is 5. The summed E-state index contributed by atoms with van der Waals surface area (Å²) in [6.45, 7) is 2.75. The second-order valence-corrected chi connectivity index (χ2v) is 5.78. The van der Waals surface area contributed by atoms with E-state index in [-0.39, 0.29) is 11.8 Å². The summed E-state index contributed by atoms with van der Waals surface area (Å²) < 4.78 is 5.58. The molecule has 1 aliphatic rings. The van der Waals surface area contributed by atoms with Gasteiger partial charge in [-0.05, 0) is 24.6 Å². The first kappa shape index (κ1) is 16.0. The first-order valence-electron chi connectivity index (χ1n) is 8.03. The molecule has 0 saturated heterocycles. The average Bonchev–Trinajstić information content (AvgIpc) is 2.56. The minimum absolute atomic E-state index is 0.143. The summed E-state index contributed by atoms with van der Waals surface area (Å²) in [4.78, 5) is 40.0. The van der Waals surface area contributed by atoms with Gasteiger partial charge in [-0.3, -0.25) is 19.6 Å². The number of hydrogen-bond acceptors (Lipinski definition) is 4. The summed E-state index contributed by atoms with van der Waals surface area (Å²) >= 11 is 0. The summed E-state index contributed by atoms with van der Waals surface area (Å²) in [6, 6.07) is 5.07. The molecule has 1 aliphatic heterocycles. The normalized spacial score (nSPS) is 12.0. The number of aromatic nitrogens is 2. The Morgan fingerprint density at radius 3 is 2.88 bits per heavy atom. The molecule has 24 heavy (non-hydrogen) atoms. The van der Waals surface area contributed by atoms with E-state index in [1.807, 2.05) is 0 Å². The van der Waals surface area contributed by atoms with Gasteiger partial charge in [-0.1, -0.05) is 19.8 Å². The Hall–Kier alpha value is -2.83. The summed E-state index contributed by atoms with van der Waals surface area (Å²) in [7, 11) is 0. The maximum atomic E-state index is 12.2. The molecule has 0 bridgehead atoms. The molecule has 0 spiro atoms. The van der Waals surface area contributed by atoms with Gasteiger partial charge in [0.05, 0.1) is 5.56 Å². The number of aromatic amines is 2. The quantitative estimate of drug-likeness (QED) is 0.619. The SMILES string of the molecule is CCCCCNC(=O)c1ccc2c(c1)Cc1c([nH]c(=O)[nH]c1=O)O2. The lowest BCUT2D eigenvalue weighted by Crippen LogP contribution is -2.28. The molecule has 7 heteroatoms. The van der Waals surface area contributed by atoms with Crippen molar-refractivity contribution in [2.45, 2.75) is 32.6 Å². The molecule has 1 aromatic carbocycles. The maximum Gasteiger partial charge on any atom is 0.328 e. The van der Waals surface area contributed by atoms with Crippen LogP contribution in [0.5, 0.6) is 11.6 Å². The number of benzene rings is 1. The van der Waals surface area contributed by atoms with Crippen LogP contribution >= 0.6 is 0 Å². The van der Waals surface area contributed by atoms with Crippen LogP contribution in [0.3, 0.4) is 0 Å². The third kappa shape index (κ3) is 3.24. The lowest BCUT2D eigenvalue weighted by Gasteiger charge is -2.19. The van der Waals surface area contributed by atoms with Crippen LogP contribution in [-0.2, 0) is 6.42 Å². The number of ether oxygens (including phenoxy) is 1. The second-order valence-electron chi connectivity index (χ2n) is 5.78. The number of hydrogen-bond donors (Lipinski definition) is 3. The van der Waals surface area contributed by atoms with Crippen molar-refractivity contribution in [3.05, 3.63) is 55.7 Å². The molecule has 7 nitrogen and oxygen atoms in total. The average molecular weight is 329 g/mol. The van der Waals surface area contributed by atoms with Crippen LogP contribution in [0.4, 0.5) is 0 Å². The van der Waals surface area contributed by atoms with Crippen LogP contribution in [0.15, 0.2) is 27.8 Å². The highest BCUT2D eigenvalue weighted by molar-refractivity contribution is 5.94. The molecule has 0 radical (unpaired) electrons. The van der Waals surface area contributed by atoms with Gasteiger partial charge in [-0.15, -0.1) is 0 Å². The van der Waals surface area contributed by atoms with Crippen molar-refractivity contribution in [1.29, 1.82) is 0 Å². The zero-order valence-corrected chi connectivity index (χ0v) is 13.4. The van der Waals surface area contributed by atoms with E-state index in [1.165, 1.54) is 0 Å². The molecule has 2 heterocycles. The molecule has 2 aromatic rings. The van der Waals surface area contributed by atoms with Crippen molar-refractivity contribution in [3.8, 4) is 11.6 Å². The van der Waals surface area contributed by atoms with Gasteiger partial charge in [0.25, 0.3) is 11.5 Å². The molecule has 1 aromatic heterocycles. The van der Waals surface area contributed by atoms with Crippen molar-refractivity contribution in [2.24, 2.45) is 0 Å². The molecule has 0 fully saturated rings. The predicted octanol–water partition coefficient (Wildman–Crippen LogP) is 1.68. The summed E-state index contributed by atoms with van der Waals surface area (Å²) in [5.74, 6) is 0.550. The fourth-order valence-corrected chi connectivity index (χ4v) is 2.68. The van der Waals surface area contributed by atoms with Crippen molar-refractivity contribution in [3.63, 3.8) is 0 Å². The van der Waals surface area contributed by atoms with E-state index in [0.29, 0.717) is 29.8 Å². The van der Waals surface area contributed by atoms with Crippen LogP contribution in [0.1, 0.15) is 47.7 Å². The third-order valence-corrected chi connectivity index (χ3v) is 3.97. The number of carbonyl (C=O) groups is 1. The summed E-state index contributed by atoms with van der Waals surface area (Å²) in [5.41, 5.74) is 0.529. The highest BCUT2D eigenvalue weighted by Gasteiger charge is 2.22. The van der Waals surface area contributed by atoms with Gasteiger partial charge in [-0.25, -0.2) is 4.79 Å². The Kier molecular flexibility index (Phi) is 4.50. The van der Waals surface area contributed by atoms with E-state index in [9.17, 15) is 14.4 Å². The number of H-pyrrole nitrogens is 2. The van der Waals surface area contributed by atoms with Crippen LogP contribution in [0, 0.1) is 0 Å². The molecule has 3 N–H and O–H groups in total. The first-order valence-corrected chi connectivity index (χ1v) is 8.03. The van der Waals surface area contributed by atoms with Gasteiger partial charge in [0, 0.05) is 24.1 Å². The standard InChI is InChI=1S/C17H19N3O4/c1-2-3-4-7-18-14(21)10-5-6-13-11(8-10)9-12-15(22)19-17(23)20-16(12)24-13/h5-6,8H,2-4,7,9H2,1H3,(H,18,21)(H2,19,20,22,23). The van der Waals surface area contributed by atoms with Crippen LogP contribution in [-0.4, -0.2) is 22.4 Å². The number of fused-ring (bicyclic) bond motifs is 2. The fourth-order valence-electron chi connectivity index (χ4n) is 2.68. The Morgan fingerprint density at radius 2 is 2.08 bits per heavy atom. The molecule has 0 aliphatic carbocycles. The lowest BCUT2D eigenvalue weighted by molar-refractivity contribution is 0.0953. The topological polar surface area (TPSA) is 104 Å². The molecule has 126 valence electrons. The molecule has 0 saturated carbocycles. The zero-order chi connectivity index (χ0) is 17.1. The molecular weight excluding hydrogens is 310 g/mol. The van der Waals surface area contributed by atoms with Gasteiger partial charge in [-0.2, -0.15) is 0 Å². The van der Waals surface area contributed by atoms with Gasteiger partial charge < -0.3 is 10.1 Å². The predicted molar refractivity (Wildman–Crippen MR) is 88.9 cm³/mol. The lowest BCUT2D eigenvalue weighted by atomic mass is 10.0. The molecule has 3 rings (SSSR count). The molecule has 0 atom stereocenters. The fraction of sp³-hybridized carbons (Fsp3) is 0.353. The number of unbranched alkanes of at least 4 members (excludes halogenated alkanes) is 2.